The molecule has 0 saturated heterocycles. The smallest absolute Gasteiger partial charge is 0.0719 e. The first-order valence-corrected chi connectivity index (χ1v) is 7.36. The maximum Gasteiger partial charge on any atom is 0.0719 e. The minimum atomic E-state index is 0.259. The molecule has 0 N–H and O–H groups in total. The first-order valence-electron chi connectivity index (χ1n) is 7.36. The lowest BCUT2D eigenvalue weighted by atomic mass is 9.74. The molecule has 1 heteroatoms. The quantitative estimate of drug-likeness (QED) is 0.695. The van der Waals surface area contributed by atoms with Crippen LogP contribution in [0.5, 0.6) is 0 Å². The third-order valence-electron chi connectivity index (χ3n) is 3.91. The first kappa shape index (κ1) is 14.6. The predicted molar refractivity (Wildman–Crippen MR) is 81.5 cm³/mol. The van der Waals surface area contributed by atoms with Crippen LogP contribution in [0.15, 0.2) is 18.2 Å². The Bertz CT molecular complexity index is 446. The summed E-state index contributed by atoms with van der Waals surface area (Å²) in [6, 6.07) is 6.98. The summed E-state index contributed by atoms with van der Waals surface area (Å²) in [5.74, 6) is 0.510. The van der Waals surface area contributed by atoms with Crippen molar-refractivity contribution in [3.05, 3.63) is 34.9 Å². The van der Waals surface area contributed by atoms with E-state index in [0.29, 0.717) is 11.3 Å². The van der Waals surface area contributed by atoms with Crippen molar-refractivity contribution in [2.24, 2.45) is 10.8 Å². The van der Waals surface area contributed by atoms with E-state index in [4.69, 9.17) is 4.74 Å². The fourth-order valence-corrected chi connectivity index (χ4v) is 2.92. The summed E-state index contributed by atoms with van der Waals surface area (Å²) in [4.78, 5) is 0. The van der Waals surface area contributed by atoms with E-state index in [2.05, 4.69) is 59.7 Å². The zero-order valence-corrected chi connectivity index (χ0v) is 13.3. The van der Waals surface area contributed by atoms with Gasteiger partial charge in [0.05, 0.1) is 13.2 Å². The van der Waals surface area contributed by atoms with Crippen molar-refractivity contribution in [3.8, 4) is 0 Å². The van der Waals surface area contributed by atoms with Gasteiger partial charge in [-0.2, -0.15) is 0 Å². The molecule has 1 aliphatic rings. The lowest BCUT2D eigenvalue weighted by molar-refractivity contribution is 0.0596. The van der Waals surface area contributed by atoms with E-state index in [-0.39, 0.29) is 5.41 Å². The summed E-state index contributed by atoms with van der Waals surface area (Å²) in [6.07, 6.45) is 1.14. The van der Waals surface area contributed by atoms with Crippen LogP contribution in [0.2, 0.25) is 0 Å². The molecule has 0 saturated carbocycles. The summed E-state index contributed by atoms with van der Waals surface area (Å²) in [6.45, 7) is 15.5. The Hall–Kier alpha value is -0.820. The van der Waals surface area contributed by atoms with Gasteiger partial charge in [0.25, 0.3) is 0 Å². The third-order valence-corrected chi connectivity index (χ3v) is 3.91. The van der Waals surface area contributed by atoms with Gasteiger partial charge in [0.15, 0.2) is 0 Å². The fraction of sp³-hybridized carbons (Fsp3) is 0.667. The van der Waals surface area contributed by atoms with E-state index in [1.807, 2.05) is 0 Å². The van der Waals surface area contributed by atoms with Gasteiger partial charge in [-0.05, 0) is 33.9 Å². The van der Waals surface area contributed by atoms with Gasteiger partial charge in [0.1, 0.15) is 0 Å². The van der Waals surface area contributed by atoms with Gasteiger partial charge >= 0.3 is 0 Å². The number of benzene rings is 1. The maximum atomic E-state index is 5.78. The van der Waals surface area contributed by atoms with Crippen LogP contribution in [-0.2, 0) is 17.8 Å². The number of rotatable bonds is 1. The van der Waals surface area contributed by atoms with Crippen molar-refractivity contribution in [1.29, 1.82) is 0 Å². The highest BCUT2D eigenvalue weighted by Gasteiger charge is 2.31. The van der Waals surface area contributed by atoms with Gasteiger partial charge in [0.2, 0.25) is 0 Å². The lowest BCUT2D eigenvalue weighted by Gasteiger charge is -2.36. The van der Waals surface area contributed by atoms with E-state index in [1.165, 1.54) is 16.7 Å². The number of hydrogen-bond acceptors (Lipinski definition) is 1. The molecule has 1 atom stereocenters. The molecular weight excluding hydrogens is 232 g/mol. The molecule has 1 aromatic rings. The molecule has 1 nitrogen and oxygen atoms in total. The Morgan fingerprint density at radius 3 is 2.37 bits per heavy atom. The second-order valence-corrected chi connectivity index (χ2v) is 8.20. The predicted octanol–water partition coefficient (Wildman–Crippen LogP) is 4.94. The van der Waals surface area contributed by atoms with Gasteiger partial charge in [-0.25, -0.2) is 0 Å². The zero-order chi connectivity index (χ0) is 14.3. The van der Waals surface area contributed by atoms with Crippen LogP contribution in [-0.4, -0.2) is 6.61 Å². The van der Waals surface area contributed by atoms with Gasteiger partial charge in [-0.15, -0.1) is 0 Å². The molecule has 0 radical (unpaired) electrons. The van der Waals surface area contributed by atoms with E-state index in [9.17, 15) is 0 Å². The van der Waals surface area contributed by atoms with Crippen LogP contribution in [0.25, 0.3) is 0 Å². The molecule has 2 rings (SSSR count). The average Bonchev–Trinajstić information content (AvgIpc) is 2.24. The molecule has 106 valence electrons. The topological polar surface area (TPSA) is 9.23 Å². The van der Waals surface area contributed by atoms with Crippen LogP contribution in [0.4, 0.5) is 0 Å². The Balaban J connectivity index is 2.36. The zero-order valence-electron chi connectivity index (χ0n) is 13.3. The van der Waals surface area contributed by atoms with Crippen LogP contribution >= 0.6 is 0 Å². The Labute approximate surface area is 118 Å². The molecule has 1 aromatic carbocycles. The average molecular weight is 260 g/mol. The van der Waals surface area contributed by atoms with E-state index >= 15 is 0 Å². The number of fused-ring (bicyclic) bond motifs is 1. The van der Waals surface area contributed by atoms with Crippen molar-refractivity contribution in [1.82, 2.24) is 0 Å². The third kappa shape index (κ3) is 3.60. The second-order valence-electron chi connectivity index (χ2n) is 8.20. The van der Waals surface area contributed by atoms with Crippen molar-refractivity contribution in [3.63, 3.8) is 0 Å². The number of hydrogen-bond donors (Lipinski definition) is 0. The van der Waals surface area contributed by atoms with E-state index < -0.39 is 0 Å². The molecule has 19 heavy (non-hydrogen) atoms. The molecule has 0 spiro atoms. The summed E-state index contributed by atoms with van der Waals surface area (Å²) in [5, 5.41) is 0. The molecular formula is C18H28O. The van der Waals surface area contributed by atoms with E-state index in [0.717, 1.165) is 19.6 Å². The van der Waals surface area contributed by atoms with Gasteiger partial charge in [-0.1, -0.05) is 59.7 Å². The minimum absolute atomic E-state index is 0.259. The van der Waals surface area contributed by atoms with Crippen LogP contribution in [0, 0.1) is 10.8 Å². The van der Waals surface area contributed by atoms with Crippen LogP contribution in [0.3, 0.4) is 0 Å². The SMILES string of the molecule is CC(C)(C)Cc1ccc2c(c1)C(C(C)(C)C)COC2. The van der Waals surface area contributed by atoms with Crippen molar-refractivity contribution >= 4 is 0 Å². The molecule has 0 aliphatic carbocycles. The van der Waals surface area contributed by atoms with E-state index in [1.54, 1.807) is 0 Å². The fourth-order valence-electron chi connectivity index (χ4n) is 2.92. The molecule has 1 heterocycles. The van der Waals surface area contributed by atoms with Crippen molar-refractivity contribution in [2.75, 3.05) is 6.61 Å². The normalized spacial score (nSPS) is 20.2. The Kier molecular flexibility index (Phi) is 3.79. The monoisotopic (exact) mass is 260 g/mol. The highest BCUT2D eigenvalue weighted by molar-refractivity contribution is 5.37. The maximum absolute atomic E-state index is 5.78. The van der Waals surface area contributed by atoms with Gasteiger partial charge in [-0.3, -0.25) is 0 Å². The highest BCUT2D eigenvalue weighted by Crippen LogP contribution is 2.40. The molecule has 1 aliphatic heterocycles. The largest absolute Gasteiger partial charge is 0.376 e. The molecule has 0 aromatic heterocycles. The van der Waals surface area contributed by atoms with Gasteiger partial charge in [0, 0.05) is 5.92 Å². The summed E-state index contributed by atoms with van der Waals surface area (Å²) in [5.41, 5.74) is 4.96. The molecule has 0 fully saturated rings. The summed E-state index contributed by atoms with van der Waals surface area (Å²) >= 11 is 0. The Morgan fingerprint density at radius 1 is 1.11 bits per heavy atom. The first-order chi connectivity index (χ1) is 8.67. The minimum Gasteiger partial charge on any atom is -0.376 e. The lowest BCUT2D eigenvalue weighted by Crippen LogP contribution is -2.28. The van der Waals surface area contributed by atoms with Crippen LogP contribution in [0.1, 0.15) is 64.2 Å². The number of ether oxygens (including phenoxy) is 1. The molecule has 0 amide bonds. The highest BCUT2D eigenvalue weighted by atomic mass is 16.5. The van der Waals surface area contributed by atoms with Gasteiger partial charge < -0.3 is 4.74 Å². The standard InChI is InChI=1S/C18H28O/c1-17(2,3)10-13-7-8-14-11-19-12-16(15(14)9-13)18(4,5)6/h7-9,16H,10-12H2,1-6H3. The summed E-state index contributed by atoms with van der Waals surface area (Å²) < 4.78 is 5.78. The van der Waals surface area contributed by atoms with Crippen LogP contribution < -0.4 is 0 Å². The summed E-state index contributed by atoms with van der Waals surface area (Å²) in [7, 11) is 0. The van der Waals surface area contributed by atoms with Crippen molar-refractivity contribution < 1.29 is 4.74 Å². The Morgan fingerprint density at radius 2 is 1.79 bits per heavy atom. The second kappa shape index (κ2) is 4.94. The molecule has 0 bridgehead atoms. The van der Waals surface area contributed by atoms with Crippen molar-refractivity contribution in [2.45, 2.75) is 60.5 Å². The molecule has 1 unspecified atom stereocenters.